The Morgan fingerprint density at radius 2 is 2.04 bits per heavy atom. The molecule has 8 heteroatoms. The number of urea groups is 1. The molecular formula is C18H21ClN4O2S. The van der Waals surface area contributed by atoms with E-state index in [1.165, 1.54) is 11.3 Å². The van der Waals surface area contributed by atoms with Gasteiger partial charge in [0.2, 0.25) is 5.91 Å². The standard InChI is InChI=1S/C18H21ClN4O2S/c1-11-6-7-13(8-15(11)19)20-16(24)9-14-10-26-18(22-14)23-17(25)21-12-4-2-3-5-12/h6-8,10,12H,2-5,9H2,1H3,(H,20,24)(H2,21,22,23,25). The van der Waals surface area contributed by atoms with Crippen molar-refractivity contribution in [1.82, 2.24) is 10.3 Å². The van der Waals surface area contributed by atoms with Gasteiger partial charge in [0.25, 0.3) is 0 Å². The number of rotatable bonds is 5. The number of aryl methyl sites for hydroxylation is 1. The Kier molecular flexibility index (Phi) is 6.11. The van der Waals surface area contributed by atoms with Gasteiger partial charge in [0.15, 0.2) is 5.13 Å². The number of amides is 3. The Bertz CT molecular complexity index is 802. The molecule has 138 valence electrons. The van der Waals surface area contributed by atoms with Gasteiger partial charge in [0.1, 0.15) is 0 Å². The molecule has 3 amide bonds. The number of hydrogen-bond donors (Lipinski definition) is 3. The first kappa shape index (κ1) is 18.7. The zero-order valence-electron chi connectivity index (χ0n) is 14.5. The van der Waals surface area contributed by atoms with Crippen molar-refractivity contribution >= 4 is 45.7 Å². The summed E-state index contributed by atoms with van der Waals surface area (Å²) >= 11 is 7.37. The van der Waals surface area contributed by atoms with Crippen LogP contribution in [0.15, 0.2) is 23.6 Å². The summed E-state index contributed by atoms with van der Waals surface area (Å²) in [5.41, 5.74) is 2.22. The summed E-state index contributed by atoms with van der Waals surface area (Å²) in [6, 6.07) is 5.39. The van der Waals surface area contributed by atoms with Crippen LogP contribution in [0.5, 0.6) is 0 Å². The van der Waals surface area contributed by atoms with Gasteiger partial charge in [-0.15, -0.1) is 11.3 Å². The van der Waals surface area contributed by atoms with Crippen molar-refractivity contribution < 1.29 is 9.59 Å². The molecule has 3 rings (SSSR count). The minimum Gasteiger partial charge on any atom is -0.335 e. The van der Waals surface area contributed by atoms with Crippen LogP contribution in [0.4, 0.5) is 15.6 Å². The zero-order valence-corrected chi connectivity index (χ0v) is 16.0. The van der Waals surface area contributed by atoms with E-state index in [9.17, 15) is 9.59 Å². The molecular weight excluding hydrogens is 372 g/mol. The van der Waals surface area contributed by atoms with Crippen LogP contribution in [0.2, 0.25) is 5.02 Å². The number of carbonyl (C=O) groups is 2. The summed E-state index contributed by atoms with van der Waals surface area (Å²) in [6.07, 6.45) is 4.51. The van der Waals surface area contributed by atoms with Gasteiger partial charge in [0.05, 0.1) is 12.1 Å². The molecule has 3 N–H and O–H groups in total. The Hall–Kier alpha value is -2.12. The van der Waals surface area contributed by atoms with Crippen LogP contribution in [-0.2, 0) is 11.2 Å². The van der Waals surface area contributed by atoms with Crippen molar-refractivity contribution in [3.8, 4) is 0 Å². The van der Waals surface area contributed by atoms with Crippen molar-refractivity contribution in [3.05, 3.63) is 39.9 Å². The first-order valence-electron chi connectivity index (χ1n) is 8.57. The molecule has 26 heavy (non-hydrogen) atoms. The highest BCUT2D eigenvalue weighted by molar-refractivity contribution is 7.13. The number of aromatic nitrogens is 1. The predicted octanol–water partition coefficient (Wildman–Crippen LogP) is 4.35. The lowest BCUT2D eigenvalue weighted by molar-refractivity contribution is -0.115. The van der Waals surface area contributed by atoms with E-state index < -0.39 is 0 Å². The fraction of sp³-hybridized carbons (Fsp3) is 0.389. The van der Waals surface area contributed by atoms with E-state index in [0.29, 0.717) is 21.5 Å². The maximum absolute atomic E-state index is 12.2. The molecule has 1 aliphatic rings. The third kappa shape index (κ3) is 5.19. The highest BCUT2D eigenvalue weighted by Crippen LogP contribution is 2.21. The molecule has 1 heterocycles. The summed E-state index contributed by atoms with van der Waals surface area (Å²) in [4.78, 5) is 28.4. The topological polar surface area (TPSA) is 83.1 Å². The average molecular weight is 393 g/mol. The monoisotopic (exact) mass is 392 g/mol. The highest BCUT2D eigenvalue weighted by Gasteiger charge is 2.17. The summed E-state index contributed by atoms with van der Waals surface area (Å²) in [7, 11) is 0. The number of benzene rings is 1. The van der Waals surface area contributed by atoms with Crippen LogP contribution in [0.1, 0.15) is 36.9 Å². The van der Waals surface area contributed by atoms with Crippen LogP contribution >= 0.6 is 22.9 Å². The molecule has 0 atom stereocenters. The lowest BCUT2D eigenvalue weighted by atomic mass is 10.2. The molecule has 1 saturated carbocycles. The van der Waals surface area contributed by atoms with Gasteiger partial charge < -0.3 is 10.6 Å². The third-order valence-electron chi connectivity index (χ3n) is 4.26. The fourth-order valence-electron chi connectivity index (χ4n) is 2.87. The van der Waals surface area contributed by atoms with Crippen molar-refractivity contribution in [2.45, 2.75) is 45.1 Å². The molecule has 1 fully saturated rings. The van der Waals surface area contributed by atoms with E-state index >= 15 is 0 Å². The Morgan fingerprint density at radius 3 is 2.77 bits per heavy atom. The fourth-order valence-corrected chi connectivity index (χ4v) is 3.76. The number of nitrogens with zero attached hydrogens (tertiary/aromatic N) is 1. The lowest BCUT2D eigenvalue weighted by Gasteiger charge is -2.11. The largest absolute Gasteiger partial charge is 0.335 e. The van der Waals surface area contributed by atoms with Crippen LogP contribution in [-0.4, -0.2) is 23.0 Å². The smallest absolute Gasteiger partial charge is 0.321 e. The Labute approximate surface area is 161 Å². The Morgan fingerprint density at radius 1 is 1.27 bits per heavy atom. The molecule has 0 aliphatic heterocycles. The number of carbonyl (C=O) groups excluding carboxylic acids is 2. The lowest BCUT2D eigenvalue weighted by Crippen LogP contribution is -2.36. The molecule has 1 aromatic carbocycles. The van der Waals surface area contributed by atoms with Gasteiger partial charge >= 0.3 is 6.03 Å². The summed E-state index contributed by atoms with van der Waals surface area (Å²) in [6.45, 7) is 1.90. The van der Waals surface area contributed by atoms with E-state index in [2.05, 4.69) is 20.9 Å². The van der Waals surface area contributed by atoms with E-state index in [4.69, 9.17) is 11.6 Å². The molecule has 1 aliphatic carbocycles. The molecule has 0 spiro atoms. The van der Waals surface area contributed by atoms with E-state index in [0.717, 1.165) is 31.2 Å². The highest BCUT2D eigenvalue weighted by atomic mass is 35.5. The minimum atomic E-state index is -0.239. The van der Waals surface area contributed by atoms with E-state index in [1.54, 1.807) is 17.5 Å². The third-order valence-corrected chi connectivity index (χ3v) is 5.47. The SMILES string of the molecule is Cc1ccc(NC(=O)Cc2csc(NC(=O)NC3CCCC3)n2)cc1Cl. The second kappa shape index (κ2) is 8.51. The first-order chi connectivity index (χ1) is 12.5. The number of anilines is 2. The summed E-state index contributed by atoms with van der Waals surface area (Å²) in [5, 5.41) is 11.3. The normalized spacial score (nSPS) is 14.2. The number of nitrogens with one attached hydrogen (secondary N) is 3. The maximum atomic E-state index is 12.2. The van der Waals surface area contributed by atoms with Crippen LogP contribution in [0.25, 0.3) is 0 Å². The number of halogens is 1. The minimum absolute atomic E-state index is 0.133. The van der Waals surface area contributed by atoms with Crippen molar-refractivity contribution in [1.29, 1.82) is 0 Å². The molecule has 0 unspecified atom stereocenters. The second-order valence-corrected chi connectivity index (χ2v) is 7.68. The predicted molar refractivity (Wildman–Crippen MR) is 105 cm³/mol. The maximum Gasteiger partial charge on any atom is 0.321 e. The van der Waals surface area contributed by atoms with Gasteiger partial charge in [-0.25, -0.2) is 9.78 Å². The van der Waals surface area contributed by atoms with Gasteiger partial charge in [-0.2, -0.15) is 0 Å². The zero-order chi connectivity index (χ0) is 18.5. The van der Waals surface area contributed by atoms with Gasteiger partial charge in [-0.1, -0.05) is 30.5 Å². The van der Waals surface area contributed by atoms with E-state index in [-0.39, 0.29) is 24.4 Å². The Balaban J connectivity index is 1.50. The van der Waals surface area contributed by atoms with Crippen molar-refractivity contribution in [2.24, 2.45) is 0 Å². The van der Waals surface area contributed by atoms with Gasteiger partial charge in [0, 0.05) is 22.1 Å². The number of hydrogen-bond acceptors (Lipinski definition) is 4. The quantitative estimate of drug-likeness (QED) is 0.707. The van der Waals surface area contributed by atoms with Gasteiger partial charge in [-0.05, 0) is 37.5 Å². The average Bonchev–Trinajstić information content (AvgIpc) is 3.23. The molecule has 0 radical (unpaired) electrons. The molecule has 1 aromatic heterocycles. The second-order valence-electron chi connectivity index (χ2n) is 6.41. The summed E-state index contributed by atoms with van der Waals surface area (Å²) < 4.78 is 0. The van der Waals surface area contributed by atoms with Crippen LogP contribution in [0, 0.1) is 6.92 Å². The molecule has 0 bridgehead atoms. The molecule has 6 nitrogen and oxygen atoms in total. The first-order valence-corrected chi connectivity index (χ1v) is 9.83. The van der Waals surface area contributed by atoms with E-state index in [1.807, 2.05) is 13.0 Å². The van der Waals surface area contributed by atoms with Crippen molar-refractivity contribution in [2.75, 3.05) is 10.6 Å². The molecule has 2 aromatic rings. The number of thiazole rings is 1. The molecule has 0 saturated heterocycles. The van der Waals surface area contributed by atoms with Gasteiger partial charge in [-0.3, -0.25) is 10.1 Å². The van der Waals surface area contributed by atoms with Crippen molar-refractivity contribution in [3.63, 3.8) is 0 Å². The summed E-state index contributed by atoms with van der Waals surface area (Å²) in [5.74, 6) is -0.183. The van der Waals surface area contributed by atoms with Crippen LogP contribution < -0.4 is 16.0 Å². The van der Waals surface area contributed by atoms with Crippen LogP contribution in [0.3, 0.4) is 0 Å².